The maximum atomic E-state index is 12.1. The van der Waals surface area contributed by atoms with Crippen LogP contribution in [0.25, 0.3) is 0 Å². The fourth-order valence-electron chi connectivity index (χ4n) is 3.59. The van der Waals surface area contributed by atoms with Crippen LogP contribution in [0, 0.1) is 11.3 Å². The van der Waals surface area contributed by atoms with Crippen molar-refractivity contribution >= 4 is 17.2 Å². The normalized spacial score (nSPS) is 27.2. The Hall–Kier alpha value is -1.70. The van der Waals surface area contributed by atoms with Crippen LogP contribution in [0.1, 0.15) is 15.6 Å². The van der Waals surface area contributed by atoms with Crippen LogP contribution in [-0.2, 0) is 11.3 Å². The summed E-state index contributed by atoms with van der Waals surface area (Å²) in [5.74, 6) is 0.655. The third-order valence-electron chi connectivity index (χ3n) is 4.78. The van der Waals surface area contributed by atoms with Gasteiger partial charge in [-0.05, 0) is 12.1 Å². The molecule has 4 heterocycles. The average molecular weight is 333 g/mol. The molecule has 2 aliphatic heterocycles. The molecule has 6 nitrogen and oxygen atoms in total. The fourth-order valence-corrected chi connectivity index (χ4v) is 4.24. The molecule has 0 radical (unpaired) electrons. The smallest absolute Gasteiger partial charge is 0.286 e. The summed E-state index contributed by atoms with van der Waals surface area (Å²) in [7, 11) is 0. The Bertz CT molecular complexity index is 658. The molecule has 2 aromatic heterocycles. The number of nitrogens with one attached hydrogen (secondary N) is 1. The first-order chi connectivity index (χ1) is 11.3. The highest BCUT2D eigenvalue weighted by Crippen LogP contribution is 2.41. The van der Waals surface area contributed by atoms with Gasteiger partial charge in [0.15, 0.2) is 5.76 Å². The number of fused-ring (bicyclic) bond motifs is 1. The fraction of sp³-hybridized carbons (Fsp3) is 0.500. The lowest BCUT2D eigenvalue weighted by molar-refractivity contribution is 0.0878. The molecule has 7 heteroatoms. The molecule has 2 atom stereocenters. The van der Waals surface area contributed by atoms with Crippen LogP contribution in [-0.4, -0.2) is 48.6 Å². The van der Waals surface area contributed by atoms with Gasteiger partial charge in [-0.1, -0.05) is 0 Å². The van der Waals surface area contributed by atoms with Crippen LogP contribution < -0.4 is 5.32 Å². The highest BCUT2D eigenvalue weighted by Gasteiger charge is 2.50. The number of ether oxygens (including phenoxy) is 1. The number of hydrogen-bond acceptors (Lipinski definition) is 6. The lowest BCUT2D eigenvalue weighted by Gasteiger charge is -2.27. The van der Waals surface area contributed by atoms with Crippen LogP contribution in [0.3, 0.4) is 0 Å². The third-order valence-corrected chi connectivity index (χ3v) is 5.54. The summed E-state index contributed by atoms with van der Waals surface area (Å²) in [6, 6.07) is 3.40. The highest BCUT2D eigenvalue weighted by atomic mass is 32.1. The minimum absolute atomic E-state index is 0.000484. The summed E-state index contributed by atoms with van der Waals surface area (Å²) in [5.41, 5.74) is -0.000484. The van der Waals surface area contributed by atoms with E-state index in [1.165, 1.54) is 6.26 Å². The molecule has 1 amide bonds. The second-order valence-corrected chi connectivity index (χ2v) is 7.31. The molecule has 1 N–H and O–H groups in total. The van der Waals surface area contributed by atoms with Crippen molar-refractivity contribution in [2.45, 2.75) is 6.54 Å². The minimum atomic E-state index is -0.159. The van der Waals surface area contributed by atoms with Crippen molar-refractivity contribution in [1.29, 1.82) is 0 Å². The molecule has 0 aliphatic carbocycles. The number of carbonyl (C=O) groups is 1. The Morgan fingerprint density at radius 1 is 1.57 bits per heavy atom. The predicted molar refractivity (Wildman–Crippen MR) is 85.2 cm³/mol. The van der Waals surface area contributed by atoms with E-state index in [0.717, 1.165) is 31.2 Å². The molecule has 2 aliphatic rings. The van der Waals surface area contributed by atoms with Crippen LogP contribution in [0.5, 0.6) is 0 Å². The predicted octanol–water partition coefficient (Wildman–Crippen LogP) is 1.61. The molecule has 23 heavy (non-hydrogen) atoms. The first kappa shape index (κ1) is 14.9. The largest absolute Gasteiger partial charge is 0.459 e. The summed E-state index contributed by atoms with van der Waals surface area (Å²) < 4.78 is 10.9. The molecule has 0 aromatic carbocycles. The molecule has 122 valence electrons. The number of rotatable bonds is 5. The quantitative estimate of drug-likeness (QED) is 0.900. The number of nitrogens with zero attached hydrogens (tertiary/aromatic N) is 2. The zero-order valence-corrected chi connectivity index (χ0v) is 13.6. The van der Waals surface area contributed by atoms with Gasteiger partial charge in [-0.15, -0.1) is 11.3 Å². The van der Waals surface area contributed by atoms with E-state index in [1.54, 1.807) is 23.5 Å². The molecule has 0 spiro atoms. The highest BCUT2D eigenvalue weighted by molar-refractivity contribution is 7.09. The number of furan rings is 1. The second-order valence-electron chi connectivity index (χ2n) is 6.33. The molecule has 0 unspecified atom stereocenters. The maximum Gasteiger partial charge on any atom is 0.286 e. The molecule has 2 fully saturated rings. The zero-order valence-electron chi connectivity index (χ0n) is 12.7. The maximum absolute atomic E-state index is 12.1. The number of carbonyl (C=O) groups excluding carboxylic acids is 1. The summed E-state index contributed by atoms with van der Waals surface area (Å²) in [5, 5.41) is 6.16. The van der Waals surface area contributed by atoms with Gasteiger partial charge >= 0.3 is 0 Å². The third kappa shape index (κ3) is 2.91. The molecule has 2 aromatic rings. The van der Waals surface area contributed by atoms with E-state index in [2.05, 4.69) is 15.2 Å². The van der Waals surface area contributed by atoms with Gasteiger partial charge in [0.05, 0.1) is 26.0 Å². The van der Waals surface area contributed by atoms with Crippen molar-refractivity contribution in [2.75, 3.05) is 32.8 Å². The zero-order chi connectivity index (χ0) is 15.7. The van der Waals surface area contributed by atoms with E-state index in [-0.39, 0.29) is 11.3 Å². The minimum Gasteiger partial charge on any atom is -0.459 e. The van der Waals surface area contributed by atoms with Crippen LogP contribution in [0.2, 0.25) is 0 Å². The summed E-state index contributed by atoms with van der Waals surface area (Å²) in [6.45, 7) is 4.88. The summed E-state index contributed by atoms with van der Waals surface area (Å²) in [6.07, 6.45) is 3.36. The van der Waals surface area contributed by atoms with Gasteiger partial charge in [-0.25, -0.2) is 4.98 Å². The van der Waals surface area contributed by atoms with E-state index in [1.807, 2.05) is 11.6 Å². The van der Waals surface area contributed by atoms with E-state index in [9.17, 15) is 4.79 Å². The Morgan fingerprint density at radius 2 is 2.52 bits per heavy atom. The molecule has 0 bridgehead atoms. The van der Waals surface area contributed by atoms with Crippen molar-refractivity contribution < 1.29 is 13.9 Å². The van der Waals surface area contributed by atoms with Crippen molar-refractivity contribution in [3.63, 3.8) is 0 Å². The molecule has 2 saturated heterocycles. The number of amides is 1. The number of thiazole rings is 1. The second kappa shape index (κ2) is 6.07. The standard InChI is InChI=1S/C16H19N3O3S/c20-15(13-2-1-4-22-13)18-9-16-10-19(6-12(16)8-21-11-16)7-14-17-3-5-23-14/h1-5,12H,6-11H2,(H,18,20)/t12-,16+/m1/s1. The molecular weight excluding hydrogens is 314 g/mol. The Kier molecular flexibility index (Phi) is 3.92. The average Bonchev–Trinajstić information content (AvgIpc) is 3.29. The Morgan fingerprint density at radius 3 is 3.30 bits per heavy atom. The van der Waals surface area contributed by atoms with Gasteiger partial charge in [0.2, 0.25) is 0 Å². The van der Waals surface area contributed by atoms with E-state index >= 15 is 0 Å². The van der Waals surface area contributed by atoms with Crippen LogP contribution in [0.15, 0.2) is 34.4 Å². The monoisotopic (exact) mass is 333 g/mol. The van der Waals surface area contributed by atoms with Crippen LogP contribution in [0.4, 0.5) is 0 Å². The SMILES string of the molecule is O=C(NC[C@]12COC[C@H]1CN(Cc1nccs1)C2)c1ccco1. The number of likely N-dealkylation sites (tertiary alicyclic amines) is 1. The van der Waals surface area contributed by atoms with Crippen molar-refractivity contribution in [3.8, 4) is 0 Å². The van der Waals surface area contributed by atoms with E-state index < -0.39 is 0 Å². The molecule has 4 rings (SSSR count). The van der Waals surface area contributed by atoms with Crippen LogP contribution >= 0.6 is 11.3 Å². The molecule has 0 saturated carbocycles. The lowest BCUT2D eigenvalue weighted by Crippen LogP contribution is -2.43. The van der Waals surface area contributed by atoms with Gasteiger partial charge < -0.3 is 14.5 Å². The van der Waals surface area contributed by atoms with Crippen molar-refractivity contribution in [3.05, 3.63) is 40.7 Å². The number of hydrogen-bond donors (Lipinski definition) is 1. The van der Waals surface area contributed by atoms with Gasteiger partial charge in [0, 0.05) is 42.5 Å². The summed E-state index contributed by atoms with van der Waals surface area (Å²) in [4.78, 5) is 18.9. The van der Waals surface area contributed by atoms with Gasteiger partial charge in [0.25, 0.3) is 5.91 Å². The van der Waals surface area contributed by atoms with Gasteiger partial charge in [0.1, 0.15) is 5.01 Å². The Labute approximate surface area is 138 Å². The van der Waals surface area contributed by atoms with E-state index in [4.69, 9.17) is 9.15 Å². The van der Waals surface area contributed by atoms with E-state index in [0.29, 0.717) is 24.8 Å². The first-order valence-corrected chi connectivity index (χ1v) is 8.63. The van der Waals surface area contributed by atoms with Crippen molar-refractivity contribution in [1.82, 2.24) is 15.2 Å². The van der Waals surface area contributed by atoms with Crippen molar-refractivity contribution in [2.24, 2.45) is 11.3 Å². The first-order valence-electron chi connectivity index (χ1n) is 7.75. The molecular formula is C16H19N3O3S. The Balaban J connectivity index is 1.40. The number of aromatic nitrogens is 1. The van der Waals surface area contributed by atoms with Gasteiger partial charge in [-0.3, -0.25) is 9.69 Å². The summed E-state index contributed by atoms with van der Waals surface area (Å²) >= 11 is 1.69. The lowest BCUT2D eigenvalue weighted by atomic mass is 9.81. The van der Waals surface area contributed by atoms with Gasteiger partial charge in [-0.2, -0.15) is 0 Å². The topological polar surface area (TPSA) is 67.6 Å².